The molecule has 0 saturated carbocycles. The van der Waals surface area contributed by atoms with Crippen LogP contribution in [0.3, 0.4) is 0 Å². The Morgan fingerprint density at radius 2 is 2.19 bits per heavy atom. The quantitative estimate of drug-likeness (QED) is 0.644. The molecule has 0 aliphatic rings. The predicted molar refractivity (Wildman–Crippen MR) is 63.6 cm³/mol. The molecule has 1 rings (SSSR count). The van der Waals surface area contributed by atoms with E-state index in [1.807, 2.05) is 6.07 Å². The number of rotatable bonds is 4. The number of nitrogens with zero attached hydrogens (tertiary/aromatic N) is 3. The minimum absolute atomic E-state index is 0.108. The summed E-state index contributed by atoms with van der Waals surface area (Å²) in [6, 6.07) is 8.77. The summed E-state index contributed by atoms with van der Waals surface area (Å²) in [6.45, 7) is 0. The number of halogens is 1. The summed E-state index contributed by atoms with van der Waals surface area (Å²) in [7, 11) is 1.39. The first-order chi connectivity index (χ1) is 7.76. The SMILES string of the molecule is CO/N=C\C(C#N)=N\Nc1ccc(Cl)cc1. The second kappa shape index (κ2) is 6.43. The molecule has 6 heteroatoms. The van der Waals surface area contributed by atoms with Crippen molar-refractivity contribution in [2.75, 3.05) is 12.5 Å². The van der Waals surface area contributed by atoms with Crippen LogP contribution in [0, 0.1) is 11.3 Å². The summed E-state index contributed by atoms with van der Waals surface area (Å²) >= 11 is 5.72. The molecule has 1 aromatic carbocycles. The van der Waals surface area contributed by atoms with Crippen LogP contribution in [0.15, 0.2) is 34.5 Å². The lowest BCUT2D eigenvalue weighted by Gasteiger charge is -1.99. The van der Waals surface area contributed by atoms with Crippen molar-refractivity contribution in [2.24, 2.45) is 10.3 Å². The molecule has 0 heterocycles. The van der Waals surface area contributed by atoms with Crippen LogP contribution in [-0.2, 0) is 4.84 Å². The molecule has 5 nitrogen and oxygen atoms in total. The van der Waals surface area contributed by atoms with Gasteiger partial charge in [-0.1, -0.05) is 16.8 Å². The van der Waals surface area contributed by atoms with Gasteiger partial charge in [-0.2, -0.15) is 10.4 Å². The van der Waals surface area contributed by atoms with Gasteiger partial charge >= 0.3 is 0 Å². The Hall–Kier alpha value is -2.06. The fourth-order valence-electron chi connectivity index (χ4n) is 0.835. The minimum Gasteiger partial charge on any atom is -0.399 e. The topological polar surface area (TPSA) is 69.8 Å². The molecular weight excluding hydrogens is 228 g/mol. The van der Waals surface area contributed by atoms with E-state index < -0.39 is 0 Å². The molecular formula is C10H9ClN4O. The summed E-state index contributed by atoms with van der Waals surface area (Å²) in [4.78, 5) is 4.43. The number of oxime groups is 1. The van der Waals surface area contributed by atoms with Gasteiger partial charge in [-0.05, 0) is 24.3 Å². The predicted octanol–water partition coefficient (Wildman–Crippen LogP) is 2.26. The molecule has 0 unspecified atom stereocenters. The molecule has 16 heavy (non-hydrogen) atoms. The molecule has 82 valence electrons. The van der Waals surface area contributed by atoms with Gasteiger partial charge in [0, 0.05) is 5.02 Å². The molecule has 0 amide bonds. The maximum absolute atomic E-state index is 8.69. The van der Waals surface area contributed by atoms with Gasteiger partial charge in [0.2, 0.25) is 0 Å². The molecule has 1 aromatic rings. The Labute approximate surface area is 98.0 Å². The third-order valence-electron chi connectivity index (χ3n) is 1.54. The van der Waals surface area contributed by atoms with Crippen molar-refractivity contribution in [3.63, 3.8) is 0 Å². The molecule has 0 aliphatic heterocycles. The van der Waals surface area contributed by atoms with Crippen LogP contribution in [-0.4, -0.2) is 19.0 Å². The van der Waals surface area contributed by atoms with Gasteiger partial charge < -0.3 is 4.84 Å². The summed E-state index contributed by atoms with van der Waals surface area (Å²) in [6.07, 6.45) is 1.21. The van der Waals surface area contributed by atoms with E-state index in [-0.39, 0.29) is 5.71 Å². The van der Waals surface area contributed by atoms with Crippen molar-refractivity contribution < 1.29 is 4.84 Å². The standard InChI is InChI=1S/C10H9ClN4O/c1-16-13-7-10(6-12)15-14-9-4-2-8(11)3-5-9/h2-5,7,14H,1H3/b13-7-,15-10+. The van der Waals surface area contributed by atoms with Crippen molar-refractivity contribution >= 4 is 29.2 Å². The fourth-order valence-corrected chi connectivity index (χ4v) is 0.961. The number of hydrogen-bond donors (Lipinski definition) is 1. The van der Waals surface area contributed by atoms with Crippen molar-refractivity contribution in [2.45, 2.75) is 0 Å². The van der Waals surface area contributed by atoms with E-state index in [2.05, 4.69) is 20.5 Å². The van der Waals surface area contributed by atoms with Crippen molar-refractivity contribution in [3.05, 3.63) is 29.3 Å². The Balaban J connectivity index is 2.67. The summed E-state index contributed by atoms with van der Waals surface area (Å²) in [5, 5.41) is 16.6. The number of anilines is 1. The van der Waals surface area contributed by atoms with Crippen LogP contribution in [0.25, 0.3) is 0 Å². The lowest BCUT2D eigenvalue weighted by molar-refractivity contribution is 0.216. The normalized spacial score (nSPS) is 11.2. The van der Waals surface area contributed by atoms with Crippen LogP contribution in [0.1, 0.15) is 0 Å². The van der Waals surface area contributed by atoms with E-state index in [0.29, 0.717) is 5.02 Å². The van der Waals surface area contributed by atoms with Gasteiger partial charge in [-0.25, -0.2) is 0 Å². The summed E-state index contributed by atoms with van der Waals surface area (Å²) in [5.41, 5.74) is 3.52. The molecule has 0 aliphatic carbocycles. The first-order valence-corrected chi connectivity index (χ1v) is 4.70. The van der Waals surface area contributed by atoms with Crippen LogP contribution in [0.5, 0.6) is 0 Å². The van der Waals surface area contributed by atoms with Crippen LogP contribution in [0.2, 0.25) is 5.02 Å². The molecule has 0 bridgehead atoms. The van der Waals surface area contributed by atoms with Crippen molar-refractivity contribution in [1.29, 1.82) is 5.26 Å². The zero-order valence-corrected chi connectivity index (χ0v) is 9.27. The monoisotopic (exact) mass is 236 g/mol. The largest absolute Gasteiger partial charge is 0.399 e. The highest BCUT2D eigenvalue weighted by atomic mass is 35.5. The van der Waals surface area contributed by atoms with E-state index in [1.54, 1.807) is 24.3 Å². The Morgan fingerprint density at radius 3 is 2.75 bits per heavy atom. The average molecular weight is 237 g/mol. The van der Waals surface area contributed by atoms with Crippen LogP contribution in [0.4, 0.5) is 5.69 Å². The van der Waals surface area contributed by atoms with Crippen LogP contribution >= 0.6 is 11.6 Å². The smallest absolute Gasteiger partial charge is 0.182 e. The highest BCUT2D eigenvalue weighted by Gasteiger charge is 1.93. The number of nitriles is 1. The van der Waals surface area contributed by atoms with Crippen molar-refractivity contribution in [1.82, 2.24) is 0 Å². The maximum atomic E-state index is 8.69. The molecule has 0 atom stereocenters. The Morgan fingerprint density at radius 1 is 1.50 bits per heavy atom. The Kier molecular flexibility index (Phi) is 4.83. The first kappa shape index (κ1) is 12.0. The van der Waals surface area contributed by atoms with E-state index >= 15 is 0 Å². The zero-order chi connectivity index (χ0) is 11.8. The maximum Gasteiger partial charge on any atom is 0.182 e. The number of benzene rings is 1. The minimum atomic E-state index is 0.108. The van der Waals surface area contributed by atoms with Crippen molar-refractivity contribution in [3.8, 4) is 6.07 Å². The molecule has 0 spiro atoms. The van der Waals surface area contributed by atoms with E-state index in [4.69, 9.17) is 16.9 Å². The van der Waals surface area contributed by atoms with Gasteiger partial charge in [-0.15, -0.1) is 0 Å². The second-order valence-electron chi connectivity index (χ2n) is 2.64. The molecule has 1 N–H and O–H groups in total. The lowest BCUT2D eigenvalue weighted by atomic mass is 10.3. The molecule has 0 saturated heterocycles. The Bertz CT molecular complexity index is 433. The first-order valence-electron chi connectivity index (χ1n) is 4.32. The van der Waals surface area contributed by atoms with E-state index in [1.165, 1.54) is 13.3 Å². The third-order valence-corrected chi connectivity index (χ3v) is 1.80. The molecule has 0 aromatic heterocycles. The van der Waals surface area contributed by atoms with Crippen LogP contribution < -0.4 is 5.43 Å². The number of hydrogen-bond acceptors (Lipinski definition) is 5. The van der Waals surface area contributed by atoms with Gasteiger partial charge in [0.15, 0.2) is 5.71 Å². The third kappa shape index (κ3) is 3.98. The van der Waals surface area contributed by atoms with Gasteiger partial charge in [-0.3, -0.25) is 5.43 Å². The van der Waals surface area contributed by atoms with E-state index in [9.17, 15) is 0 Å². The zero-order valence-electron chi connectivity index (χ0n) is 8.51. The van der Waals surface area contributed by atoms with E-state index in [0.717, 1.165) is 5.69 Å². The molecule has 0 radical (unpaired) electrons. The highest BCUT2D eigenvalue weighted by molar-refractivity contribution is 6.37. The molecule has 0 fully saturated rings. The number of hydrazone groups is 1. The van der Waals surface area contributed by atoms with Gasteiger partial charge in [0.05, 0.1) is 5.69 Å². The lowest BCUT2D eigenvalue weighted by Crippen LogP contribution is -2.01. The van der Waals surface area contributed by atoms with Gasteiger partial charge in [0.25, 0.3) is 0 Å². The summed E-state index contributed by atoms with van der Waals surface area (Å²) in [5.74, 6) is 0. The fraction of sp³-hybridized carbons (Fsp3) is 0.100. The number of nitrogens with one attached hydrogen (secondary N) is 1. The van der Waals surface area contributed by atoms with Gasteiger partial charge in [0.1, 0.15) is 19.4 Å². The highest BCUT2D eigenvalue weighted by Crippen LogP contribution is 2.12. The average Bonchev–Trinajstić information content (AvgIpc) is 2.32. The second-order valence-corrected chi connectivity index (χ2v) is 3.08. The summed E-state index contributed by atoms with van der Waals surface area (Å²) < 4.78 is 0.